The summed E-state index contributed by atoms with van der Waals surface area (Å²) < 4.78 is 0. The van der Waals surface area contributed by atoms with Crippen molar-refractivity contribution in [1.29, 1.82) is 0 Å². The molecule has 1 aromatic rings. The van der Waals surface area contributed by atoms with E-state index in [1.165, 1.54) is 19.3 Å². The number of nitrogens with zero attached hydrogens (tertiary/aromatic N) is 2. The summed E-state index contributed by atoms with van der Waals surface area (Å²) in [6.07, 6.45) is 5.44. The number of hydrazine groups is 1. The summed E-state index contributed by atoms with van der Waals surface area (Å²) in [5.41, 5.74) is 2.91. The lowest BCUT2D eigenvalue weighted by atomic mass is 10.1. The van der Waals surface area contributed by atoms with Crippen LogP contribution in [0.3, 0.4) is 0 Å². The Morgan fingerprint density at radius 3 is 2.89 bits per heavy atom. The summed E-state index contributed by atoms with van der Waals surface area (Å²) >= 11 is 0. The number of nitrogen functional groups attached to an aromatic ring is 1. The standard InChI is InChI=1S/C13H21N5O/c14-17-12-11(5-4-6-15-12)13(19)16-7-10-18-8-2-1-3-9-18/h4-6H,1-3,7-10,14H2,(H,15,17)(H,16,19). The molecule has 6 nitrogen and oxygen atoms in total. The van der Waals surface area contributed by atoms with E-state index in [4.69, 9.17) is 5.84 Å². The lowest BCUT2D eigenvalue weighted by Gasteiger charge is -2.26. The van der Waals surface area contributed by atoms with Crippen molar-refractivity contribution in [3.05, 3.63) is 23.9 Å². The fourth-order valence-electron chi connectivity index (χ4n) is 2.31. The largest absolute Gasteiger partial charge is 0.351 e. The molecule has 19 heavy (non-hydrogen) atoms. The highest BCUT2D eigenvalue weighted by atomic mass is 16.1. The first-order valence-corrected chi connectivity index (χ1v) is 6.73. The van der Waals surface area contributed by atoms with Crippen LogP contribution in [0, 0.1) is 0 Å². The first-order chi connectivity index (χ1) is 9.31. The number of amides is 1. The van der Waals surface area contributed by atoms with Gasteiger partial charge in [-0.1, -0.05) is 6.42 Å². The number of likely N-dealkylation sites (tertiary alicyclic amines) is 1. The third-order valence-electron chi connectivity index (χ3n) is 3.35. The third kappa shape index (κ3) is 3.90. The zero-order valence-electron chi connectivity index (χ0n) is 11.1. The van der Waals surface area contributed by atoms with Gasteiger partial charge in [-0.15, -0.1) is 0 Å². The van der Waals surface area contributed by atoms with Gasteiger partial charge >= 0.3 is 0 Å². The zero-order valence-corrected chi connectivity index (χ0v) is 11.1. The molecular formula is C13H21N5O. The van der Waals surface area contributed by atoms with Gasteiger partial charge in [-0.3, -0.25) is 4.79 Å². The molecule has 0 atom stereocenters. The van der Waals surface area contributed by atoms with E-state index in [0.717, 1.165) is 19.6 Å². The molecular weight excluding hydrogens is 242 g/mol. The van der Waals surface area contributed by atoms with E-state index in [0.29, 0.717) is 17.9 Å². The highest BCUT2D eigenvalue weighted by Gasteiger charge is 2.13. The maximum Gasteiger partial charge on any atom is 0.255 e. The third-order valence-corrected chi connectivity index (χ3v) is 3.35. The molecule has 0 unspecified atom stereocenters. The van der Waals surface area contributed by atoms with Crippen molar-refractivity contribution in [2.24, 2.45) is 5.84 Å². The number of hydrogen-bond acceptors (Lipinski definition) is 5. The molecule has 1 aliphatic rings. The Labute approximate surface area is 113 Å². The summed E-state index contributed by atoms with van der Waals surface area (Å²) in [7, 11) is 0. The van der Waals surface area contributed by atoms with Crippen LogP contribution >= 0.6 is 0 Å². The second-order valence-electron chi connectivity index (χ2n) is 4.70. The van der Waals surface area contributed by atoms with Gasteiger partial charge in [-0.05, 0) is 38.1 Å². The summed E-state index contributed by atoms with van der Waals surface area (Å²) in [4.78, 5) is 18.4. The van der Waals surface area contributed by atoms with Crippen LogP contribution in [0.1, 0.15) is 29.6 Å². The lowest BCUT2D eigenvalue weighted by molar-refractivity contribution is 0.0947. The molecule has 0 bridgehead atoms. The van der Waals surface area contributed by atoms with Gasteiger partial charge in [0.2, 0.25) is 0 Å². The Kier molecular flexibility index (Phi) is 5.11. The van der Waals surface area contributed by atoms with Crippen LogP contribution in [-0.4, -0.2) is 42.0 Å². The van der Waals surface area contributed by atoms with Crippen molar-refractivity contribution in [3.63, 3.8) is 0 Å². The SMILES string of the molecule is NNc1ncccc1C(=O)NCCN1CCCCC1. The fourth-order valence-corrected chi connectivity index (χ4v) is 2.31. The Morgan fingerprint density at radius 2 is 2.16 bits per heavy atom. The summed E-state index contributed by atoms with van der Waals surface area (Å²) in [6.45, 7) is 3.83. The van der Waals surface area contributed by atoms with Crippen molar-refractivity contribution in [2.45, 2.75) is 19.3 Å². The van der Waals surface area contributed by atoms with Crippen molar-refractivity contribution in [1.82, 2.24) is 15.2 Å². The van der Waals surface area contributed by atoms with Crippen molar-refractivity contribution >= 4 is 11.7 Å². The zero-order chi connectivity index (χ0) is 13.5. The van der Waals surface area contributed by atoms with Gasteiger partial charge < -0.3 is 15.6 Å². The number of nitrogens with two attached hydrogens (primary N) is 1. The molecule has 0 aliphatic carbocycles. The van der Waals surface area contributed by atoms with Crippen LogP contribution in [0.5, 0.6) is 0 Å². The molecule has 6 heteroatoms. The summed E-state index contributed by atoms with van der Waals surface area (Å²) in [6, 6.07) is 3.43. The number of nitrogens with one attached hydrogen (secondary N) is 2. The normalized spacial score (nSPS) is 16.1. The van der Waals surface area contributed by atoms with E-state index in [1.807, 2.05) is 0 Å². The predicted molar refractivity (Wildman–Crippen MR) is 74.7 cm³/mol. The van der Waals surface area contributed by atoms with E-state index in [9.17, 15) is 4.79 Å². The van der Waals surface area contributed by atoms with Gasteiger partial charge in [0.1, 0.15) is 0 Å². The molecule has 2 rings (SSSR count). The van der Waals surface area contributed by atoms with Crippen LogP contribution in [0.15, 0.2) is 18.3 Å². The second kappa shape index (κ2) is 7.06. The van der Waals surface area contributed by atoms with Gasteiger partial charge in [0.25, 0.3) is 5.91 Å². The van der Waals surface area contributed by atoms with E-state index < -0.39 is 0 Å². The van der Waals surface area contributed by atoms with Crippen LogP contribution in [0.4, 0.5) is 5.82 Å². The maximum atomic E-state index is 12.0. The minimum Gasteiger partial charge on any atom is -0.351 e. The topological polar surface area (TPSA) is 83.3 Å². The summed E-state index contributed by atoms with van der Waals surface area (Å²) in [5.74, 6) is 5.59. The van der Waals surface area contributed by atoms with Crippen LogP contribution in [0.25, 0.3) is 0 Å². The van der Waals surface area contributed by atoms with E-state index in [1.54, 1.807) is 18.3 Å². The molecule has 0 aromatic carbocycles. The molecule has 1 saturated heterocycles. The smallest absolute Gasteiger partial charge is 0.255 e. The first kappa shape index (κ1) is 13.8. The van der Waals surface area contributed by atoms with E-state index in [2.05, 4.69) is 20.6 Å². The molecule has 1 fully saturated rings. The highest BCUT2D eigenvalue weighted by Crippen LogP contribution is 2.10. The quantitative estimate of drug-likeness (QED) is 0.535. The van der Waals surface area contributed by atoms with Gasteiger partial charge in [0.05, 0.1) is 5.56 Å². The molecule has 1 amide bonds. The number of anilines is 1. The van der Waals surface area contributed by atoms with Crippen LogP contribution in [-0.2, 0) is 0 Å². The van der Waals surface area contributed by atoms with Crippen molar-refractivity contribution in [2.75, 3.05) is 31.6 Å². The number of pyridine rings is 1. The number of carbonyl (C=O) groups is 1. The highest BCUT2D eigenvalue weighted by molar-refractivity contribution is 5.98. The van der Waals surface area contributed by atoms with Crippen LogP contribution < -0.4 is 16.6 Å². The minimum atomic E-state index is -0.141. The second-order valence-corrected chi connectivity index (χ2v) is 4.70. The Hall–Kier alpha value is -1.66. The average Bonchev–Trinajstić information content (AvgIpc) is 2.48. The Morgan fingerprint density at radius 1 is 1.37 bits per heavy atom. The van der Waals surface area contributed by atoms with Crippen molar-refractivity contribution < 1.29 is 4.79 Å². The number of rotatable bonds is 5. The number of hydrogen-bond donors (Lipinski definition) is 3. The number of piperidine rings is 1. The Bertz CT molecular complexity index is 417. The molecule has 0 spiro atoms. The molecule has 1 aromatic heterocycles. The van der Waals surface area contributed by atoms with Gasteiger partial charge in [-0.25, -0.2) is 10.8 Å². The molecule has 2 heterocycles. The predicted octanol–water partition coefficient (Wildman–Crippen LogP) is 0.583. The van der Waals surface area contributed by atoms with Gasteiger partial charge in [0, 0.05) is 19.3 Å². The fraction of sp³-hybridized carbons (Fsp3) is 0.538. The number of carbonyl (C=O) groups excluding carboxylic acids is 1. The molecule has 0 radical (unpaired) electrons. The van der Waals surface area contributed by atoms with Crippen molar-refractivity contribution in [3.8, 4) is 0 Å². The van der Waals surface area contributed by atoms with E-state index >= 15 is 0 Å². The molecule has 0 saturated carbocycles. The molecule has 1 aliphatic heterocycles. The molecule has 104 valence electrons. The monoisotopic (exact) mass is 263 g/mol. The average molecular weight is 263 g/mol. The number of aromatic nitrogens is 1. The van der Waals surface area contributed by atoms with Gasteiger partial charge in [0.15, 0.2) is 5.82 Å². The lowest BCUT2D eigenvalue weighted by Crippen LogP contribution is -2.37. The molecule has 4 N–H and O–H groups in total. The summed E-state index contributed by atoms with van der Waals surface area (Å²) in [5, 5.41) is 2.90. The minimum absolute atomic E-state index is 0.141. The van der Waals surface area contributed by atoms with Crippen LogP contribution in [0.2, 0.25) is 0 Å². The Balaban J connectivity index is 1.80. The maximum absolute atomic E-state index is 12.0. The first-order valence-electron chi connectivity index (χ1n) is 6.73. The van der Waals surface area contributed by atoms with E-state index in [-0.39, 0.29) is 5.91 Å². The van der Waals surface area contributed by atoms with Gasteiger partial charge in [-0.2, -0.15) is 0 Å².